The Hall–Kier alpha value is -2.62. The van der Waals surface area contributed by atoms with Crippen LogP contribution in [0.4, 0.5) is 5.82 Å². The third kappa shape index (κ3) is 3.85. The number of fused-ring (bicyclic) bond motifs is 1. The molecule has 5 rings (SSSR count). The van der Waals surface area contributed by atoms with Gasteiger partial charge in [-0.2, -0.15) is 21.2 Å². The number of nitrogens with zero attached hydrogens (tertiary/aromatic N) is 3. The first kappa shape index (κ1) is 21.2. The van der Waals surface area contributed by atoms with Crippen LogP contribution >= 0.6 is 11.8 Å². The lowest BCUT2D eigenvalue weighted by Gasteiger charge is -2.15. The van der Waals surface area contributed by atoms with Crippen molar-refractivity contribution in [1.29, 1.82) is 0 Å². The molecule has 3 heterocycles. The number of carbonyl (C=O) groups excluding carboxylic acids is 1. The number of rotatable bonds is 5. The molecule has 0 atom stereocenters. The van der Waals surface area contributed by atoms with E-state index in [0.717, 1.165) is 46.9 Å². The summed E-state index contributed by atoms with van der Waals surface area (Å²) in [5, 5.41) is 7.75. The minimum atomic E-state index is -3.50. The number of thioether (sulfide) groups is 1. The largest absolute Gasteiger partial charge is 0.306 e. The molecular formula is C23H24N4O3S2. The van der Waals surface area contributed by atoms with Crippen molar-refractivity contribution in [2.45, 2.75) is 36.2 Å². The minimum Gasteiger partial charge on any atom is -0.306 e. The van der Waals surface area contributed by atoms with Crippen LogP contribution in [0.5, 0.6) is 0 Å². The van der Waals surface area contributed by atoms with Crippen molar-refractivity contribution < 1.29 is 13.2 Å². The van der Waals surface area contributed by atoms with Gasteiger partial charge >= 0.3 is 0 Å². The molecule has 1 amide bonds. The second-order valence-electron chi connectivity index (χ2n) is 8.10. The molecule has 1 N–H and O–H groups in total. The van der Waals surface area contributed by atoms with Gasteiger partial charge in [-0.15, -0.1) is 0 Å². The summed E-state index contributed by atoms with van der Waals surface area (Å²) in [6, 6.07) is 14.2. The molecule has 9 heteroatoms. The standard InChI is InChI=1S/C23H24N4O3S2/c1-16-4-8-18(9-5-16)27-22(20-14-31-15-21(20)25-27)24-23(28)17-6-10-19(11-7-17)32(29,30)26-12-2-3-13-26/h4-11H,2-3,12-15H2,1H3,(H,24,28). The lowest BCUT2D eigenvalue weighted by atomic mass is 10.2. The van der Waals surface area contributed by atoms with Crippen molar-refractivity contribution in [3.05, 3.63) is 70.9 Å². The molecule has 1 fully saturated rings. The lowest BCUT2D eigenvalue weighted by Crippen LogP contribution is -2.27. The molecular weight excluding hydrogens is 444 g/mol. The molecule has 2 aliphatic heterocycles. The van der Waals surface area contributed by atoms with Gasteiger partial charge in [0, 0.05) is 35.7 Å². The fourth-order valence-electron chi connectivity index (χ4n) is 4.05. The van der Waals surface area contributed by atoms with Gasteiger partial charge in [0.1, 0.15) is 5.82 Å². The predicted molar refractivity (Wildman–Crippen MR) is 126 cm³/mol. The summed E-state index contributed by atoms with van der Waals surface area (Å²) in [7, 11) is -3.50. The van der Waals surface area contributed by atoms with Crippen LogP contribution in [0.15, 0.2) is 53.4 Å². The van der Waals surface area contributed by atoms with Gasteiger partial charge in [0.2, 0.25) is 10.0 Å². The van der Waals surface area contributed by atoms with E-state index in [-0.39, 0.29) is 10.8 Å². The van der Waals surface area contributed by atoms with Crippen molar-refractivity contribution in [3.63, 3.8) is 0 Å². The first-order valence-corrected chi connectivity index (χ1v) is 13.2. The van der Waals surface area contributed by atoms with E-state index < -0.39 is 10.0 Å². The summed E-state index contributed by atoms with van der Waals surface area (Å²) >= 11 is 1.77. The van der Waals surface area contributed by atoms with Crippen molar-refractivity contribution in [3.8, 4) is 5.69 Å². The Morgan fingerprint density at radius 2 is 1.69 bits per heavy atom. The van der Waals surface area contributed by atoms with Gasteiger partial charge in [-0.25, -0.2) is 13.1 Å². The Morgan fingerprint density at radius 1 is 1.00 bits per heavy atom. The van der Waals surface area contributed by atoms with Crippen molar-refractivity contribution in [1.82, 2.24) is 14.1 Å². The fourth-order valence-corrected chi connectivity index (χ4v) is 6.60. The quantitative estimate of drug-likeness (QED) is 0.613. The molecule has 0 unspecified atom stereocenters. The average molecular weight is 469 g/mol. The molecule has 1 aromatic heterocycles. The van der Waals surface area contributed by atoms with Crippen LogP contribution in [0.1, 0.15) is 40.0 Å². The van der Waals surface area contributed by atoms with Crippen molar-refractivity contribution >= 4 is 33.5 Å². The first-order chi connectivity index (χ1) is 15.4. The topological polar surface area (TPSA) is 84.3 Å². The van der Waals surface area contributed by atoms with Crippen LogP contribution < -0.4 is 5.32 Å². The maximum atomic E-state index is 13.0. The smallest absolute Gasteiger partial charge is 0.256 e. The van der Waals surface area contributed by atoms with Gasteiger partial charge in [-0.05, 0) is 56.2 Å². The SMILES string of the molecule is Cc1ccc(-n2nc3c(c2NC(=O)c2ccc(S(=O)(=O)N4CCCC4)cc2)CSC3)cc1. The zero-order valence-corrected chi connectivity index (χ0v) is 19.4. The van der Waals surface area contributed by atoms with E-state index in [1.807, 2.05) is 31.2 Å². The van der Waals surface area contributed by atoms with Crippen LogP contribution in [-0.4, -0.2) is 41.5 Å². The highest BCUT2D eigenvalue weighted by atomic mass is 32.2. The molecule has 0 spiro atoms. The molecule has 166 valence electrons. The average Bonchev–Trinajstić information content (AvgIpc) is 3.54. The first-order valence-electron chi connectivity index (χ1n) is 10.6. The molecule has 2 aromatic carbocycles. The Labute approximate surface area is 191 Å². The maximum Gasteiger partial charge on any atom is 0.256 e. The van der Waals surface area contributed by atoms with E-state index in [2.05, 4.69) is 5.32 Å². The van der Waals surface area contributed by atoms with E-state index in [1.165, 1.54) is 16.4 Å². The number of aromatic nitrogens is 2. The third-order valence-electron chi connectivity index (χ3n) is 5.88. The number of anilines is 1. The van der Waals surface area contributed by atoms with Gasteiger partial charge in [0.15, 0.2) is 0 Å². The highest BCUT2D eigenvalue weighted by Crippen LogP contribution is 2.36. The van der Waals surface area contributed by atoms with Gasteiger partial charge in [-0.1, -0.05) is 17.7 Å². The zero-order valence-electron chi connectivity index (χ0n) is 17.7. The van der Waals surface area contributed by atoms with Crippen LogP contribution in [0.25, 0.3) is 5.69 Å². The molecule has 7 nitrogen and oxygen atoms in total. The van der Waals surface area contributed by atoms with Gasteiger partial charge < -0.3 is 5.32 Å². The second kappa shape index (κ2) is 8.38. The third-order valence-corrected chi connectivity index (χ3v) is 8.76. The van der Waals surface area contributed by atoms with Crippen LogP contribution in [-0.2, 0) is 21.5 Å². The summed E-state index contributed by atoms with van der Waals surface area (Å²) in [5.74, 6) is 2.00. The Morgan fingerprint density at radius 3 is 2.38 bits per heavy atom. The summed E-state index contributed by atoms with van der Waals surface area (Å²) in [4.78, 5) is 13.3. The highest BCUT2D eigenvalue weighted by molar-refractivity contribution is 7.98. The summed E-state index contributed by atoms with van der Waals surface area (Å²) < 4.78 is 28.8. The normalized spacial score (nSPS) is 16.3. The zero-order chi connectivity index (χ0) is 22.3. The predicted octanol–water partition coefficient (Wildman–Crippen LogP) is 3.96. The molecule has 32 heavy (non-hydrogen) atoms. The summed E-state index contributed by atoms with van der Waals surface area (Å²) in [6.45, 7) is 3.13. The van der Waals surface area contributed by atoms with Gasteiger partial charge in [-0.3, -0.25) is 4.79 Å². The molecule has 0 radical (unpaired) electrons. The van der Waals surface area contributed by atoms with Crippen LogP contribution in [0.2, 0.25) is 0 Å². The lowest BCUT2D eigenvalue weighted by molar-refractivity contribution is 0.102. The summed E-state index contributed by atoms with van der Waals surface area (Å²) in [5.41, 5.74) is 4.47. The van der Waals surface area contributed by atoms with Gasteiger partial charge in [0.25, 0.3) is 5.91 Å². The number of hydrogen-bond acceptors (Lipinski definition) is 5. The molecule has 3 aromatic rings. The van der Waals surface area contributed by atoms with E-state index in [9.17, 15) is 13.2 Å². The Kier molecular flexibility index (Phi) is 5.56. The number of aryl methyl sites for hydroxylation is 1. The number of sulfonamides is 1. The number of nitrogens with one attached hydrogen (secondary N) is 1. The Bertz CT molecular complexity index is 1260. The molecule has 2 aliphatic rings. The maximum absolute atomic E-state index is 13.0. The van der Waals surface area contributed by atoms with Crippen LogP contribution in [0.3, 0.4) is 0 Å². The van der Waals surface area contributed by atoms with E-state index in [0.29, 0.717) is 24.5 Å². The second-order valence-corrected chi connectivity index (χ2v) is 11.0. The monoisotopic (exact) mass is 468 g/mol. The van der Waals surface area contributed by atoms with Crippen molar-refractivity contribution in [2.24, 2.45) is 0 Å². The fraction of sp³-hybridized carbons (Fsp3) is 0.304. The number of hydrogen-bond donors (Lipinski definition) is 1. The molecule has 0 saturated carbocycles. The molecule has 0 aliphatic carbocycles. The van der Waals surface area contributed by atoms with E-state index in [1.54, 1.807) is 28.6 Å². The number of carbonyl (C=O) groups is 1. The molecule has 0 bridgehead atoms. The van der Waals surface area contributed by atoms with Crippen LogP contribution in [0, 0.1) is 6.92 Å². The van der Waals surface area contributed by atoms with E-state index in [4.69, 9.17) is 5.10 Å². The minimum absolute atomic E-state index is 0.220. The number of benzene rings is 2. The number of amides is 1. The Balaban J connectivity index is 1.41. The van der Waals surface area contributed by atoms with Gasteiger partial charge in [0.05, 0.1) is 16.3 Å². The summed E-state index contributed by atoms with van der Waals surface area (Å²) in [6.07, 6.45) is 1.77. The highest BCUT2D eigenvalue weighted by Gasteiger charge is 2.28. The van der Waals surface area contributed by atoms with E-state index >= 15 is 0 Å². The van der Waals surface area contributed by atoms with Crippen molar-refractivity contribution in [2.75, 3.05) is 18.4 Å². The molecule has 1 saturated heterocycles.